The van der Waals surface area contributed by atoms with Crippen LogP contribution >= 0.6 is 23.1 Å². The van der Waals surface area contributed by atoms with E-state index < -0.39 is 35.3 Å². The number of aliphatic carboxylic acids is 1. The fraction of sp³-hybridized carbons (Fsp3) is 0.348. The van der Waals surface area contributed by atoms with Crippen molar-refractivity contribution in [3.05, 3.63) is 40.8 Å². The maximum atomic E-state index is 13.2. The first-order valence-corrected chi connectivity index (χ1v) is 13.9. The Balaban J connectivity index is 1.35. The third-order valence-electron chi connectivity index (χ3n) is 6.31. The molecule has 1 unspecified atom stereocenters. The van der Waals surface area contributed by atoms with Crippen LogP contribution in [0.5, 0.6) is 5.75 Å². The van der Waals surface area contributed by atoms with Crippen molar-refractivity contribution >= 4 is 63.3 Å². The summed E-state index contributed by atoms with van der Waals surface area (Å²) in [6.07, 6.45) is 2.81. The zero-order chi connectivity index (χ0) is 28.6. The van der Waals surface area contributed by atoms with Gasteiger partial charge >= 0.3 is 5.97 Å². The first-order chi connectivity index (χ1) is 19.2. The van der Waals surface area contributed by atoms with Crippen LogP contribution in [0.4, 0.5) is 10.8 Å². The second-order valence-electron chi connectivity index (χ2n) is 8.98. The third kappa shape index (κ3) is 5.24. The average molecular weight is 590 g/mol. The Morgan fingerprint density at radius 1 is 1.35 bits per heavy atom. The number of thiazole rings is 1. The Kier molecular flexibility index (Phi) is 7.49. The highest BCUT2D eigenvalue weighted by Crippen LogP contribution is 2.40. The maximum Gasteiger partial charge on any atom is 0.352 e. The summed E-state index contributed by atoms with van der Waals surface area (Å²) in [6, 6.07) is 0.607. The predicted molar refractivity (Wildman–Crippen MR) is 143 cm³/mol. The molecule has 15 nitrogen and oxygen atoms in total. The van der Waals surface area contributed by atoms with Gasteiger partial charge < -0.3 is 36.8 Å². The number of carboxylic acid groups (broad SMARTS) is 1. The van der Waals surface area contributed by atoms with Crippen molar-refractivity contribution in [2.24, 2.45) is 5.16 Å². The minimum absolute atomic E-state index is 0.112. The van der Waals surface area contributed by atoms with Crippen LogP contribution < -0.4 is 31.4 Å². The van der Waals surface area contributed by atoms with Gasteiger partial charge in [0.05, 0.1) is 7.11 Å². The van der Waals surface area contributed by atoms with E-state index in [2.05, 4.69) is 20.8 Å². The van der Waals surface area contributed by atoms with E-state index in [-0.39, 0.29) is 40.4 Å². The van der Waals surface area contributed by atoms with Crippen molar-refractivity contribution in [1.82, 2.24) is 20.5 Å². The van der Waals surface area contributed by atoms with Crippen LogP contribution in [0.2, 0.25) is 0 Å². The molecule has 0 aliphatic carbocycles. The van der Waals surface area contributed by atoms with Crippen LogP contribution in [0.25, 0.3) is 0 Å². The summed E-state index contributed by atoms with van der Waals surface area (Å²) < 4.78 is 6.91. The van der Waals surface area contributed by atoms with Crippen molar-refractivity contribution in [3.8, 4) is 5.75 Å². The number of methoxy groups -OCH3 is 1. The Morgan fingerprint density at radius 2 is 2.15 bits per heavy atom. The molecule has 2 aromatic heterocycles. The largest absolute Gasteiger partial charge is 0.491 e. The molecule has 17 heteroatoms. The molecular formula is C23H25N8O7S2+. The molecule has 210 valence electrons. The van der Waals surface area contributed by atoms with Gasteiger partial charge in [-0.05, 0) is 0 Å². The minimum atomic E-state index is -1.27. The summed E-state index contributed by atoms with van der Waals surface area (Å²) in [7, 11) is 1.49. The van der Waals surface area contributed by atoms with Crippen LogP contribution in [-0.4, -0.2) is 81.3 Å². The van der Waals surface area contributed by atoms with Gasteiger partial charge in [-0.15, -0.1) is 23.1 Å². The van der Waals surface area contributed by atoms with Crippen LogP contribution in [0.1, 0.15) is 12.1 Å². The summed E-state index contributed by atoms with van der Waals surface area (Å²) in [5, 5.41) is 20.1. The van der Waals surface area contributed by atoms with Gasteiger partial charge in [0.15, 0.2) is 29.3 Å². The Bertz CT molecular complexity index is 1460. The van der Waals surface area contributed by atoms with Gasteiger partial charge in [0, 0.05) is 35.7 Å². The lowest BCUT2D eigenvalue weighted by molar-refractivity contribution is -0.688. The minimum Gasteiger partial charge on any atom is -0.491 e. The fourth-order valence-electron chi connectivity index (χ4n) is 4.46. The van der Waals surface area contributed by atoms with Crippen molar-refractivity contribution < 1.29 is 38.4 Å². The van der Waals surface area contributed by atoms with Crippen LogP contribution in [0.3, 0.4) is 0 Å². The van der Waals surface area contributed by atoms with Crippen LogP contribution in [0.15, 0.2) is 40.3 Å². The molecule has 40 heavy (non-hydrogen) atoms. The average Bonchev–Trinajstić information content (AvgIpc) is 3.54. The first kappa shape index (κ1) is 27.2. The highest BCUT2D eigenvalue weighted by atomic mass is 32.2. The Labute approximate surface area is 235 Å². The molecule has 0 bridgehead atoms. The Morgan fingerprint density at radius 3 is 2.80 bits per heavy atom. The number of amides is 3. The lowest BCUT2D eigenvalue weighted by atomic mass is 10.0. The maximum absolute atomic E-state index is 13.2. The number of thioether (sulfide) groups is 1. The molecule has 2 fully saturated rings. The quantitative estimate of drug-likeness (QED) is 0.0997. The van der Waals surface area contributed by atoms with Gasteiger partial charge in [-0.2, -0.15) is 4.57 Å². The first-order valence-electron chi connectivity index (χ1n) is 11.9. The molecule has 0 spiro atoms. The molecule has 3 atom stereocenters. The van der Waals surface area contributed by atoms with E-state index in [1.807, 2.05) is 0 Å². The van der Waals surface area contributed by atoms with Gasteiger partial charge in [0.25, 0.3) is 17.7 Å². The van der Waals surface area contributed by atoms with Gasteiger partial charge in [-0.25, -0.2) is 9.78 Å². The van der Waals surface area contributed by atoms with Gasteiger partial charge in [0.2, 0.25) is 12.3 Å². The molecule has 7 N–H and O–H groups in total. The molecule has 0 aromatic carbocycles. The van der Waals surface area contributed by atoms with Gasteiger partial charge in [0.1, 0.15) is 28.5 Å². The molecule has 0 radical (unpaired) electrons. The summed E-state index contributed by atoms with van der Waals surface area (Å²) in [4.78, 5) is 61.0. The second-order valence-corrected chi connectivity index (χ2v) is 11.0. The SMILES string of the molecule is COc1cc(N)c[n+](CC2=C(C(=O)O)N3C(=O)[C@@H](NC(=O)C(=NOC4CCNC4=O)c4csc(N)n4)[C@@H]3SC2)c1. The van der Waals surface area contributed by atoms with Crippen LogP contribution in [0, 0.1) is 0 Å². The van der Waals surface area contributed by atoms with E-state index >= 15 is 0 Å². The topological polar surface area (TPSA) is 215 Å². The number of nitrogens with one attached hydrogen (secondary N) is 2. The number of carbonyl (C=O) groups excluding carboxylic acids is 3. The number of nitrogen functional groups attached to an aromatic ring is 2. The number of hydrogen-bond donors (Lipinski definition) is 5. The molecule has 5 heterocycles. The molecular weight excluding hydrogens is 564 g/mol. The van der Waals surface area contributed by atoms with Crippen molar-refractivity contribution in [3.63, 3.8) is 0 Å². The number of anilines is 2. The predicted octanol–water partition coefficient (Wildman–Crippen LogP) is -1.35. The lowest BCUT2D eigenvalue weighted by Gasteiger charge is -2.49. The molecule has 3 aliphatic rings. The third-order valence-corrected chi connectivity index (χ3v) is 8.33. The number of rotatable bonds is 9. The van der Waals surface area contributed by atoms with Crippen molar-refractivity contribution in [2.75, 3.05) is 30.9 Å². The van der Waals surface area contributed by atoms with E-state index in [1.165, 1.54) is 24.3 Å². The number of oxime groups is 1. The highest BCUT2D eigenvalue weighted by molar-refractivity contribution is 8.00. The standard InChI is InChI=1S/C23H24N8O7S2/c1-37-12-4-11(24)6-30(7-12)5-10-8-39-21-16(20(34)31(21)17(10)22(35)36)28-19(33)15(13-9-40-23(25)27-13)29-38-14-2-3-26-18(14)32/h4,6-7,9,14,16,21H,2-3,5,8,24H2,1H3,(H4-,25,26,27,28,32,33,35,36)/p+1/t14?,16-,21+/m1/s1. The zero-order valence-corrected chi connectivity index (χ0v) is 22.7. The number of carboxylic acids is 1. The number of fused-ring (bicyclic) bond motifs is 1. The number of nitrogens with two attached hydrogens (primary N) is 2. The molecule has 0 saturated carbocycles. The van der Waals surface area contributed by atoms with Gasteiger partial charge in [-0.1, -0.05) is 5.16 Å². The summed E-state index contributed by atoms with van der Waals surface area (Å²) >= 11 is 2.39. The summed E-state index contributed by atoms with van der Waals surface area (Å²) in [5.74, 6) is -2.21. The number of nitrogens with zero attached hydrogens (tertiary/aromatic N) is 4. The van der Waals surface area contributed by atoms with E-state index in [9.17, 15) is 24.3 Å². The number of hydrogen-bond acceptors (Lipinski definition) is 12. The molecule has 2 saturated heterocycles. The number of pyridine rings is 1. The molecule has 3 aliphatic heterocycles. The van der Waals surface area contributed by atoms with Gasteiger partial charge in [-0.3, -0.25) is 19.3 Å². The number of aromatic nitrogens is 2. The fourth-order valence-corrected chi connectivity index (χ4v) is 6.34. The van der Waals surface area contributed by atoms with E-state index in [0.717, 1.165) is 16.2 Å². The lowest BCUT2D eigenvalue weighted by Crippen LogP contribution is -2.71. The highest BCUT2D eigenvalue weighted by Gasteiger charge is 2.55. The summed E-state index contributed by atoms with van der Waals surface area (Å²) in [6.45, 7) is 0.582. The monoisotopic (exact) mass is 589 g/mol. The van der Waals surface area contributed by atoms with E-state index in [1.54, 1.807) is 23.0 Å². The second kappa shape index (κ2) is 11.0. The number of ether oxygens (including phenoxy) is 1. The van der Waals surface area contributed by atoms with E-state index in [4.69, 9.17) is 21.0 Å². The normalized spacial score (nSPS) is 22.4. The molecule has 2 aromatic rings. The van der Waals surface area contributed by atoms with Crippen molar-refractivity contribution in [1.29, 1.82) is 0 Å². The molecule has 5 rings (SSSR count). The molecule has 3 amide bonds. The van der Waals surface area contributed by atoms with Crippen molar-refractivity contribution in [2.45, 2.75) is 30.5 Å². The summed E-state index contributed by atoms with van der Waals surface area (Å²) in [5.41, 5.74) is 12.3. The zero-order valence-electron chi connectivity index (χ0n) is 21.0. The number of carbonyl (C=O) groups is 4. The smallest absolute Gasteiger partial charge is 0.352 e. The van der Waals surface area contributed by atoms with Crippen LogP contribution in [-0.2, 0) is 30.6 Å². The Hall–Kier alpha value is -4.38. The van der Waals surface area contributed by atoms with E-state index in [0.29, 0.717) is 30.0 Å². The number of β-lactam (4-membered cyclic amide) rings is 1.